The molecule has 2 aromatic carbocycles. The smallest absolute Gasteiger partial charge is 0.244 e. The number of aryl methyl sites for hydroxylation is 1. The maximum Gasteiger partial charge on any atom is 0.244 e. The Morgan fingerprint density at radius 1 is 0.906 bits per heavy atom. The molecule has 2 aromatic rings. The first-order valence-corrected chi connectivity index (χ1v) is 11.2. The van der Waals surface area contributed by atoms with Crippen LogP contribution in [0.3, 0.4) is 0 Å². The average Bonchev–Trinajstić information content (AvgIpc) is 3.58. The number of anilines is 1. The van der Waals surface area contributed by atoms with Crippen LogP contribution >= 0.6 is 0 Å². The van der Waals surface area contributed by atoms with Gasteiger partial charge in [0, 0.05) is 5.69 Å². The van der Waals surface area contributed by atoms with Crippen LogP contribution in [0.15, 0.2) is 60.7 Å². The van der Waals surface area contributed by atoms with Crippen molar-refractivity contribution >= 4 is 23.4 Å². The number of carbonyl (C=O) groups is 3. The van der Waals surface area contributed by atoms with Gasteiger partial charge in [0.05, 0.1) is 11.8 Å². The number of imide groups is 1. The van der Waals surface area contributed by atoms with Gasteiger partial charge in [-0.2, -0.15) is 0 Å². The maximum absolute atomic E-state index is 13.0. The van der Waals surface area contributed by atoms with Gasteiger partial charge < -0.3 is 10.1 Å². The number of hydrogen-bond donors (Lipinski definition) is 1. The highest BCUT2D eigenvalue weighted by molar-refractivity contribution is 6.09. The van der Waals surface area contributed by atoms with Crippen LogP contribution in [0.1, 0.15) is 12.0 Å². The van der Waals surface area contributed by atoms with Gasteiger partial charge in [0.2, 0.25) is 17.7 Å². The van der Waals surface area contributed by atoms with Crippen molar-refractivity contribution in [1.82, 2.24) is 4.90 Å². The summed E-state index contributed by atoms with van der Waals surface area (Å²) >= 11 is 0. The summed E-state index contributed by atoms with van der Waals surface area (Å²) in [6.07, 6.45) is 5.39. The average molecular weight is 428 g/mol. The summed E-state index contributed by atoms with van der Waals surface area (Å²) in [5.74, 6) is 1.56. The topological polar surface area (TPSA) is 75.7 Å². The van der Waals surface area contributed by atoms with Gasteiger partial charge in [-0.15, -0.1) is 0 Å². The fourth-order valence-corrected chi connectivity index (χ4v) is 5.87. The summed E-state index contributed by atoms with van der Waals surface area (Å²) in [5, 5.41) is 2.79. The molecule has 0 aromatic heterocycles. The molecule has 1 aliphatic heterocycles. The van der Waals surface area contributed by atoms with Crippen LogP contribution in [0.4, 0.5) is 5.69 Å². The zero-order valence-electron chi connectivity index (χ0n) is 17.7. The fourth-order valence-electron chi connectivity index (χ4n) is 5.87. The minimum Gasteiger partial charge on any atom is -0.457 e. The van der Waals surface area contributed by atoms with E-state index in [0.29, 0.717) is 23.3 Å². The third-order valence-corrected chi connectivity index (χ3v) is 7.45. The van der Waals surface area contributed by atoms with Gasteiger partial charge in [-0.1, -0.05) is 29.8 Å². The molecule has 3 amide bonds. The van der Waals surface area contributed by atoms with E-state index in [4.69, 9.17) is 4.74 Å². The number of allylic oxidation sites excluding steroid dienone is 2. The summed E-state index contributed by atoms with van der Waals surface area (Å²) in [6, 6.07) is 14.8. The van der Waals surface area contributed by atoms with Crippen molar-refractivity contribution in [1.29, 1.82) is 0 Å². The number of carbonyl (C=O) groups excluding carboxylic acids is 3. The highest BCUT2D eigenvalue weighted by Crippen LogP contribution is 2.65. The Morgan fingerprint density at radius 3 is 2.00 bits per heavy atom. The minimum absolute atomic E-state index is 0.167. The van der Waals surface area contributed by atoms with E-state index in [1.54, 1.807) is 24.3 Å². The third kappa shape index (κ3) is 3.05. The quantitative estimate of drug-likeness (QED) is 0.581. The van der Waals surface area contributed by atoms with Gasteiger partial charge in [0.25, 0.3) is 0 Å². The first kappa shape index (κ1) is 19.3. The van der Waals surface area contributed by atoms with Crippen molar-refractivity contribution in [3.05, 3.63) is 66.2 Å². The van der Waals surface area contributed by atoms with E-state index >= 15 is 0 Å². The third-order valence-electron chi connectivity index (χ3n) is 7.45. The molecule has 1 heterocycles. The molecular weight excluding hydrogens is 404 g/mol. The lowest BCUT2D eigenvalue weighted by molar-refractivity contribution is -0.142. The molecule has 6 nitrogen and oxygen atoms in total. The molecule has 0 unspecified atom stereocenters. The van der Waals surface area contributed by atoms with Crippen molar-refractivity contribution in [2.75, 3.05) is 11.9 Å². The SMILES string of the molecule is Cc1ccc(Oc2ccc(NC(=O)CN3C(=O)[C@H]4[C@@H]5C=C[C@@H]([C@H]6C[C@H]56)[C@@H]4C3=O)cc2)cc1. The van der Waals surface area contributed by atoms with Gasteiger partial charge in [-0.3, -0.25) is 19.3 Å². The van der Waals surface area contributed by atoms with E-state index in [1.807, 2.05) is 31.2 Å². The molecule has 5 aliphatic rings. The molecule has 0 radical (unpaired) electrons. The number of nitrogens with one attached hydrogen (secondary N) is 1. The van der Waals surface area contributed by atoms with E-state index in [0.717, 1.165) is 17.7 Å². The van der Waals surface area contributed by atoms with Crippen molar-refractivity contribution in [3.8, 4) is 11.5 Å². The van der Waals surface area contributed by atoms with Crippen LogP contribution in [0.2, 0.25) is 0 Å². The summed E-state index contributed by atoms with van der Waals surface area (Å²) < 4.78 is 5.81. The molecule has 6 atom stereocenters. The van der Waals surface area contributed by atoms with Gasteiger partial charge >= 0.3 is 0 Å². The fraction of sp³-hybridized carbons (Fsp3) is 0.346. The number of ether oxygens (including phenoxy) is 1. The molecule has 0 spiro atoms. The van der Waals surface area contributed by atoms with Crippen molar-refractivity contribution in [3.63, 3.8) is 0 Å². The molecular formula is C26H24N2O4. The first-order chi connectivity index (χ1) is 15.5. The lowest BCUT2D eigenvalue weighted by Crippen LogP contribution is -2.40. The van der Waals surface area contributed by atoms with E-state index < -0.39 is 0 Å². The zero-order chi connectivity index (χ0) is 22.0. The normalized spacial score (nSPS) is 31.3. The van der Waals surface area contributed by atoms with E-state index in [9.17, 15) is 14.4 Å². The lowest BCUT2D eigenvalue weighted by Gasteiger charge is -2.37. The van der Waals surface area contributed by atoms with Crippen LogP contribution in [-0.4, -0.2) is 29.2 Å². The van der Waals surface area contributed by atoms with Crippen molar-refractivity contribution in [2.24, 2.45) is 35.5 Å². The second-order valence-corrected chi connectivity index (χ2v) is 9.40. The van der Waals surface area contributed by atoms with Crippen molar-refractivity contribution in [2.45, 2.75) is 13.3 Å². The van der Waals surface area contributed by atoms with Crippen LogP contribution in [0, 0.1) is 42.4 Å². The van der Waals surface area contributed by atoms with Crippen LogP contribution in [0.25, 0.3) is 0 Å². The number of nitrogens with zero attached hydrogens (tertiary/aromatic N) is 1. The van der Waals surface area contributed by atoms with Crippen molar-refractivity contribution < 1.29 is 19.1 Å². The highest BCUT2D eigenvalue weighted by atomic mass is 16.5. The maximum atomic E-state index is 13.0. The number of hydrogen-bond acceptors (Lipinski definition) is 4. The molecule has 2 saturated carbocycles. The number of rotatable bonds is 5. The van der Waals surface area contributed by atoms with Crippen LogP contribution in [0.5, 0.6) is 11.5 Å². The largest absolute Gasteiger partial charge is 0.457 e. The second-order valence-electron chi connectivity index (χ2n) is 9.40. The molecule has 4 aliphatic carbocycles. The first-order valence-electron chi connectivity index (χ1n) is 11.2. The predicted molar refractivity (Wildman–Crippen MR) is 118 cm³/mol. The van der Waals surface area contributed by atoms with Gasteiger partial charge in [-0.25, -0.2) is 0 Å². The Morgan fingerprint density at radius 2 is 1.44 bits per heavy atom. The molecule has 3 fully saturated rings. The second kappa shape index (κ2) is 7.05. The van der Waals surface area contributed by atoms with Gasteiger partial charge in [0.1, 0.15) is 18.0 Å². The number of benzene rings is 2. The number of likely N-dealkylation sites (tertiary alicyclic amines) is 1. The van der Waals surface area contributed by atoms with E-state index in [2.05, 4.69) is 17.5 Å². The molecule has 32 heavy (non-hydrogen) atoms. The summed E-state index contributed by atoms with van der Waals surface area (Å²) in [7, 11) is 0. The predicted octanol–water partition coefficient (Wildman–Crippen LogP) is 3.78. The summed E-state index contributed by atoms with van der Waals surface area (Å²) in [4.78, 5) is 39.8. The molecule has 7 rings (SSSR count). The Balaban J connectivity index is 1.09. The number of amides is 3. The highest BCUT2D eigenvalue weighted by Gasteiger charge is 2.67. The van der Waals surface area contributed by atoms with Gasteiger partial charge in [-0.05, 0) is 73.4 Å². The lowest BCUT2D eigenvalue weighted by atomic mass is 9.63. The standard InChI is InChI=1S/C26H24N2O4/c1-14-2-6-16(7-3-14)32-17-8-4-15(5-9-17)27-22(29)13-28-25(30)23-18-10-11-19(21-12-20(18)21)24(23)26(28)31/h2-11,18-21,23-24H,12-13H2,1H3,(H,27,29)/t18-,19+,20-,21-,23+,24+/m1/s1. The zero-order valence-corrected chi connectivity index (χ0v) is 17.7. The van der Waals surface area contributed by atoms with Crippen LogP contribution < -0.4 is 10.1 Å². The molecule has 1 N–H and O–H groups in total. The molecule has 2 bridgehead atoms. The summed E-state index contributed by atoms with van der Waals surface area (Å²) in [5.41, 5.74) is 1.75. The Bertz CT molecular complexity index is 1100. The Kier molecular flexibility index (Phi) is 4.25. The molecule has 162 valence electrons. The van der Waals surface area contributed by atoms with E-state index in [1.165, 1.54) is 4.90 Å². The minimum atomic E-state index is -0.372. The van der Waals surface area contributed by atoms with E-state index in [-0.39, 0.29) is 47.9 Å². The summed E-state index contributed by atoms with van der Waals surface area (Å²) in [6.45, 7) is 1.78. The monoisotopic (exact) mass is 428 g/mol. The Labute approximate surface area is 186 Å². The molecule has 6 heteroatoms. The van der Waals surface area contributed by atoms with Crippen LogP contribution in [-0.2, 0) is 14.4 Å². The molecule has 1 saturated heterocycles. The van der Waals surface area contributed by atoms with Gasteiger partial charge in [0.15, 0.2) is 0 Å². The Hall–Kier alpha value is -3.41.